The lowest BCUT2D eigenvalue weighted by Crippen LogP contribution is -1.93. The molecule has 4 heterocycles. The maximum atomic E-state index is 5.23. The van der Waals surface area contributed by atoms with Crippen molar-refractivity contribution in [3.8, 4) is 39.3 Å². The fraction of sp³-hybridized carbons (Fsp3) is 0. The molecular formula is C39H24N2S2. The number of hydrogen-bond donors (Lipinski definition) is 0. The van der Waals surface area contributed by atoms with E-state index in [-0.39, 0.29) is 0 Å². The summed E-state index contributed by atoms with van der Waals surface area (Å²) in [7, 11) is 0. The highest BCUT2D eigenvalue weighted by Gasteiger charge is 2.21. The van der Waals surface area contributed by atoms with Crippen LogP contribution in [0.3, 0.4) is 0 Å². The van der Waals surface area contributed by atoms with Crippen molar-refractivity contribution in [2.24, 2.45) is 0 Å². The molecule has 0 fully saturated rings. The molecule has 0 aliphatic carbocycles. The van der Waals surface area contributed by atoms with Gasteiger partial charge < -0.3 is 4.57 Å². The summed E-state index contributed by atoms with van der Waals surface area (Å²) >= 11 is 3.81. The minimum atomic E-state index is 0.977. The predicted molar refractivity (Wildman–Crippen MR) is 186 cm³/mol. The summed E-state index contributed by atoms with van der Waals surface area (Å²) in [5.74, 6) is 0. The number of rotatable bonds is 4. The fourth-order valence-electron chi connectivity index (χ4n) is 6.19. The van der Waals surface area contributed by atoms with Crippen molar-refractivity contribution >= 4 is 63.3 Å². The molecule has 2 nitrogen and oxygen atoms in total. The van der Waals surface area contributed by atoms with Crippen molar-refractivity contribution in [3.63, 3.8) is 0 Å². The van der Waals surface area contributed by atoms with E-state index in [2.05, 4.69) is 150 Å². The molecule has 0 saturated carbocycles. The van der Waals surface area contributed by atoms with Gasteiger partial charge in [0.25, 0.3) is 0 Å². The first-order valence-corrected chi connectivity index (χ1v) is 16.0. The van der Waals surface area contributed by atoms with Crippen LogP contribution in [-0.2, 0) is 0 Å². The molecule has 0 aliphatic rings. The average molecular weight is 585 g/mol. The molecule has 9 rings (SSSR count). The van der Waals surface area contributed by atoms with Crippen LogP contribution in [0.5, 0.6) is 0 Å². The summed E-state index contributed by atoms with van der Waals surface area (Å²) in [6.07, 6.45) is 0. The Balaban J connectivity index is 1.34. The van der Waals surface area contributed by atoms with E-state index in [1.54, 1.807) is 0 Å². The van der Waals surface area contributed by atoms with Gasteiger partial charge in [-0.1, -0.05) is 103 Å². The Morgan fingerprint density at radius 1 is 0.465 bits per heavy atom. The molecule has 4 aromatic heterocycles. The molecule has 0 bridgehead atoms. The van der Waals surface area contributed by atoms with E-state index < -0.39 is 0 Å². The molecule has 0 spiro atoms. The number of pyridine rings is 1. The lowest BCUT2D eigenvalue weighted by Gasteiger charge is -2.11. The van der Waals surface area contributed by atoms with Crippen LogP contribution in [0.2, 0.25) is 0 Å². The smallest absolute Gasteiger partial charge is 0.110 e. The van der Waals surface area contributed by atoms with Gasteiger partial charge in [0.15, 0.2) is 0 Å². The van der Waals surface area contributed by atoms with Crippen LogP contribution in [0.15, 0.2) is 146 Å². The van der Waals surface area contributed by atoms with Gasteiger partial charge in [0.2, 0.25) is 0 Å². The quantitative estimate of drug-likeness (QED) is 0.201. The van der Waals surface area contributed by atoms with Crippen molar-refractivity contribution in [2.75, 3.05) is 0 Å². The molecule has 9 aromatic rings. The van der Waals surface area contributed by atoms with Crippen LogP contribution in [-0.4, -0.2) is 9.55 Å². The number of nitrogens with zero attached hydrogens (tertiary/aromatic N) is 2. The summed E-state index contributed by atoms with van der Waals surface area (Å²) in [6.45, 7) is 0. The van der Waals surface area contributed by atoms with Gasteiger partial charge in [-0.2, -0.15) is 0 Å². The first kappa shape index (κ1) is 24.6. The van der Waals surface area contributed by atoms with Crippen molar-refractivity contribution in [2.45, 2.75) is 0 Å². The largest absolute Gasteiger partial charge is 0.301 e. The number of aromatic nitrogens is 2. The fourth-order valence-corrected chi connectivity index (χ4v) is 9.02. The third-order valence-corrected chi connectivity index (χ3v) is 10.7. The molecule has 0 amide bonds. The van der Waals surface area contributed by atoms with Gasteiger partial charge in [-0.15, -0.1) is 22.7 Å². The van der Waals surface area contributed by atoms with E-state index in [1.807, 2.05) is 22.7 Å². The normalized spacial score (nSPS) is 11.7. The second kappa shape index (κ2) is 9.77. The van der Waals surface area contributed by atoms with Gasteiger partial charge in [0, 0.05) is 37.7 Å². The molecule has 0 N–H and O–H groups in total. The minimum Gasteiger partial charge on any atom is -0.301 e. The Labute approximate surface area is 256 Å². The second-order valence-electron chi connectivity index (χ2n) is 10.8. The van der Waals surface area contributed by atoms with Gasteiger partial charge in [-0.25, -0.2) is 4.98 Å². The molecule has 0 radical (unpaired) electrons. The highest BCUT2D eigenvalue weighted by Crippen LogP contribution is 2.49. The Kier molecular flexibility index (Phi) is 5.58. The number of hydrogen-bond acceptors (Lipinski definition) is 3. The van der Waals surface area contributed by atoms with E-state index >= 15 is 0 Å². The Morgan fingerprint density at radius 3 is 1.88 bits per heavy atom. The number of benzene rings is 5. The summed E-state index contributed by atoms with van der Waals surface area (Å²) in [4.78, 5) is 6.53. The SMILES string of the molecule is c1ccc(-c2cc(-c3ccccc3)nc(-c3ccc4c(c3)c3c5sc6ccccc6c5sc3n4-c3ccccc3)c2)cc1. The summed E-state index contributed by atoms with van der Waals surface area (Å²) in [5, 5.41) is 3.95. The number of para-hydroxylation sites is 1. The molecular weight excluding hydrogens is 561 g/mol. The molecule has 0 aliphatic heterocycles. The Hall–Kier alpha value is -5.03. The molecule has 0 saturated heterocycles. The van der Waals surface area contributed by atoms with Gasteiger partial charge in [-0.05, 0) is 53.6 Å². The van der Waals surface area contributed by atoms with Crippen LogP contribution in [0, 0.1) is 0 Å². The highest BCUT2D eigenvalue weighted by molar-refractivity contribution is 7.36. The topological polar surface area (TPSA) is 17.8 Å². The van der Waals surface area contributed by atoms with E-state index in [0.29, 0.717) is 0 Å². The standard InChI is InChI=1S/C39H24N2S2/c1-4-12-25(13-5-1)28-23-32(26-14-6-2-7-15-26)40-33(24-28)27-20-21-34-31(22-27)36-38-37(30-18-10-11-19-35(30)42-38)43-39(36)41(34)29-16-8-3-9-17-29/h1-24H. The number of fused-ring (bicyclic) bond motifs is 7. The number of thiophene rings is 2. The maximum absolute atomic E-state index is 5.23. The Bertz CT molecular complexity index is 2380. The zero-order valence-electron chi connectivity index (χ0n) is 23.1. The van der Waals surface area contributed by atoms with Gasteiger partial charge in [-0.3, -0.25) is 0 Å². The lowest BCUT2D eigenvalue weighted by atomic mass is 9.99. The predicted octanol–water partition coefficient (Wildman–Crippen LogP) is 11.6. The summed E-state index contributed by atoms with van der Waals surface area (Å²) in [5.41, 5.74) is 8.95. The second-order valence-corrected chi connectivity index (χ2v) is 12.9. The molecule has 0 atom stereocenters. The van der Waals surface area contributed by atoms with E-state index in [0.717, 1.165) is 22.5 Å². The molecule has 5 aromatic carbocycles. The van der Waals surface area contributed by atoms with Crippen molar-refractivity contribution in [3.05, 3.63) is 146 Å². The third kappa shape index (κ3) is 3.95. The van der Waals surface area contributed by atoms with Gasteiger partial charge in [0.1, 0.15) is 4.83 Å². The van der Waals surface area contributed by atoms with Crippen molar-refractivity contribution in [1.29, 1.82) is 0 Å². The summed E-state index contributed by atoms with van der Waals surface area (Å²) < 4.78 is 6.52. The van der Waals surface area contributed by atoms with Crippen molar-refractivity contribution < 1.29 is 0 Å². The first-order valence-electron chi connectivity index (χ1n) is 14.4. The van der Waals surface area contributed by atoms with Crippen LogP contribution >= 0.6 is 22.7 Å². The van der Waals surface area contributed by atoms with Crippen LogP contribution in [0.1, 0.15) is 0 Å². The first-order chi connectivity index (χ1) is 21.3. The maximum Gasteiger partial charge on any atom is 0.110 e. The Morgan fingerprint density at radius 2 is 1.12 bits per heavy atom. The van der Waals surface area contributed by atoms with Crippen LogP contribution in [0.25, 0.3) is 79.9 Å². The van der Waals surface area contributed by atoms with E-state index in [4.69, 9.17) is 4.98 Å². The van der Waals surface area contributed by atoms with Gasteiger partial charge in [0.05, 0.1) is 26.3 Å². The monoisotopic (exact) mass is 584 g/mol. The summed E-state index contributed by atoms with van der Waals surface area (Å²) in [6, 6.07) is 51.9. The van der Waals surface area contributed by atoms with E-state index in [9.17, 15) is 0 Å². The third-order valence-electron chi connectivity index (χ3n) is 8.21. The van der Waals surface area contributed by atoms with Crippen LogP contribution in [0.4, 0.5) is 0 Å². The molecule has 0 unspecified atom stereocenters. The lowest BCUT2D eigenvalue weighted by molar-refractivity contribution is 1.19. The highest BCUT2D eigenvalue weighted by atomic mass is 32.1. The van der Waals surface area contributed by atoms with E-state index in [1.165, 1.54) is 57.4 Å². The van der Waals surface area contributed by atoms with Gasteiger partial charge >= 0.3 is 0 Å². The minimum absolute atomic E-state index is 0.977. The molecule has 43 heavy (non-hydrogen) atoms. The van der Waals surface area contributed by atoms with Crippen molar-refractivity contribution in [1.82, 2.24) is 9.55 Å². The molecule has 202 valence electrons. The zero-order chi connectivity index (χ0) is 28.3. The molecule has 4 heteroatoms. The zero-order valence-corrected chi connectivity index (χ0v) is 24.7. The average Bonchev–Trinajstić information content (AvgIpc) is 3.72. The van der Waals surface area contributed by atoms with Crippen LogP contribution < -0.4 is 0 Å².